The van der Waals surface area contributed by atoms with Gasteiger partial charge in [0, 0.05) is 36.5 Å². The van der Waals surface area contributed by atoms with E-state index in [2.05, 4.69) is 38.5 Å². The number of imidazole rings is 1. The number of nitrogens with zero attached hydrogens (tertiary/aromatic N) is 5. The Bertz CT molecular complexity index is 1920. The van der Waals surface area contributed by atoms with Crippen LogP contribution in [0.1, 0.15) is 77.6 Å². The maximum Gasteiger partial charge on any atom is 0.407 e. The third kappa shape index (κ3) is 5.51. The lowest BCUT2D eigenvalue weighted by Gasteiger charge is -2.23. The van der Waals surface area contributed by atoms with E-state index in [4.69, 9.17) is 9.84 Å². The van der Waals surface area contributed by atoms with Gasteiger partial charge in [-0.3, -0.25) is 9.78 Å². The van der Waals surface area contributed by atoms with Crippen molar-refractivity contribution in [2.24, 2.45) is 0 Å². The van der Waals surface area contributed by atoms with E-state index >= 15 is 0 Å². The molecule has 0 spiro atoms. The maximum atomic E-state index is 13.3. The average molecular weight is 620 g/mol. The number of fused-ring (bicyclic) bond motifs is 2. The Kier molecular flexibility index (Phi) is 8.00. The predicted molar refractivity (Wildman–Crippen MR) is 173 cm³/mol. The van der Waals surface area contributed by atoms with Gasteiger partial charge in [-0.2, -0.15) is 5.10 Å². The number of aromatic amines is 1. The number of hydrogen-bond donors (Lipinski definition) is 3. The molecule has 7 rings (SSSR count). The molecule has 1 fully saturated rings. The minimum absolute atomic E-state index is 0.0333. The van der Waals surface area contributed by atoms with Crippen molar-refractivity contribution in [3.8, 4) is 22.6 Å². The van der Waals surface area contributed by atoms with Crippen molar-refractivity contribution < 1.29 is 19.4 Å². The number of aryl methyl sites for hydroxylation is 1. The van der Waals surface area contributed by atoms with E-state index < -0.39 is 6.09 Å². The molecule has 3 N–H and O–H groups in total. The van der Waals surface area contributed by atoms with Gasteiger partial charge in [0.1, 0.15) is 11.4 Å². The Morgan fingerprint density at radius 3 is 2.80 bits per heavy atom. The van der Waals surface area contributed by atoms with E-state index in [1.807, 2.05) is 49.0 Å². The highest BCUT2D eigenvalue weighted by molar-refractivity contribution is 5.97. The smallest absolute Gasteiger partial charge is 0.407 e. The second-order valence-electron chi connectivity index (χ2n) is 12.0. The summed E-state index contributed by atoms with van der Waals surface area (Å²) in [6, 6.07) is 14.3. The number of nitrogens with one attached hydrogen (secondary N) is 2. The van der Waals surface area contributed by atoms with Crippen molar-refractivity contribution in [2.75, 3.05) is 13.2 Å². The molecule has 2 amide bonds. The summed E-state index contributed by atoms with van der Waals surface area (Å²) in [6.07, 6.45) is 8.69. The van der Waals surface area contributed by atoms with Crippen LogP contribution in [0.2, 0.25) is 0 Å². The summed E-state index contributed by atoms with van der Waals surface area (Å²) in [5.41, 5.74) is 7.98. The lowest BCUT2D eigenvalue weighted by Crippen LogP contribution is -2.28. The van der Waals surface area contributed by atoms with E-state index in [1.165, 1.54) is 16.0 Å². The van der Waals surface area contributed by atoms with E-state index in [-0.39, 0.29) is 24.7 Å². The number of ether oxygens (including phenoxy) is 1. The van der Waals surface area contributed by atoms with Crippen LogP contribution in [0, 0.1) is 6.92 Å². The second kappa shape index (κ2) is 12.4. The largest absolute Gasteiger partial charge is 0.465 e. The number of carbonyl (C=O) groups is 2. The molecule has 1 unspecified atom stereocenters. The van der Waals surface area contributed by atoms with E-state index in [0.717, 1.165) is 65.3 Å². The highest BCUT2D eigenvalue weighted by Crippen LogP contribution is 2.36. The van der Waals surface area contributed by atoms with Gasteiger partial charge in [-0.25, -0.2) is 14.5 Å². The average Bonchev–Trinajstić information content (AvgIpc) is 3.82. The van der Waals surface area contributed by atoms with E-state index in [9.17, 15) is 14.7 Å². The van der Waals surface area contributed by atoms with Gasteiger partial charge in [0.05, 0.1) is 24.3 Å². The van der Waals surface area contributed by atoms with Crippen molar-refractivity contribution >= 4 is 22.9 Å². The second-order valence-corrected chi connectivity index (χ2v) is 12.0. The molecule has 0 saturated carbocycles. The van der Waals surface area contributed by atoms with Gasteiger partial charge in [-0.1, -0.05) is 30.3 Å². The zero-order chi connectivity index (χ0) is 31.8. The minimum atomic E-state index is -0.963. The van der Waals surface area contributed by atoms with Crippen molar-refractivity contribution in [1.82, 2.24) is 34.9 Å². The fourth-order valence-electron chi connectivity index (χ4n) is 6.66. The number of carboxylic acid groups (broad SMARTS) is 1. The van der Waals surface area contributed by atoms with Crippen molar-refractivity contribution in [3.05, 3.63) is 89.0 Å². The van der Waals surface area contributed by atoms with Crippen molar-refractivity contribution in [3.63, 3.8) is 0 Å². The van der Waals surface area contributed by atoms with Gasteiger partial charge in [-0.15, -0.1) is 0 Å². The summed E-state index contributed by atoms with van der Waals surface area (Å²) < 4.78 is 8.06. The number of carbonyl (C=O) groups excluding carboxylic acids is 1. The Morgan fingerprint density at radius 1 is 1.13 bits per heavy atom. The Morgan fingerprint density at radius 2 is 2.00 bits per heavy atom. The molecule has 3 aromatic heterocycles. The summed E-state index contributed by atoms with van der Waals surface area (Å²) in [5, 5.41) is 18.6. The van der Waals surface area contributed by atoms with Crippen molar-refractivity contribution in [1.29, 1.82) is 0 Å². The fourth-order valence-corrected chi connectivity index (χ4v) is 6.66. The Labute approximate surface area is 266 Å². The van der Waals surface area contributed by atoms with E-state index in [1.54, 1.807) is 12.4 Å². The standard InChI is InChI=1S/C35H37N7O4/c1-3-41(35(44)45)20-24-17-36-18-27(21(24)2)23-12-14-30-26(16-23)32(40-42(30)31-10-6-7-15-46-31)33-37-19-29(38-33)34(43)39-28-13-11-22-8-4-5-9-25(22)28/h4-5,8-9,12,14,16-19,28,31H,3,6-7,10-11,13,15,20H2,1-2H3,(H,37,38)(H,39,43)(H,44,45)/t28-,31?/m1/s1. The van der Waals surface area contributed by atoms with Crippen LogP contribution in [0.5, 0.6) is 0 Å². The maximum absolute atomic E-state index is 13.3. The number of hydrogen-bond acceptors (Lipinski definition) is 6. The molecule has 2 aromatic carbocycles. The zero-order valence-electron chi connectivity index (χ0n) is 26.0. The summed E-state index contributed by atoms with van der Waals surface area (Å²) in [6.45, 7) is 5.13. The van der Waals surface area contributed by atoms with Gasteiger partial charge in [-0.05, 0) is 85.9 Å². The SMILES string of the molecule is CCN(Cc1cncc(-c2ccc3c(c2)c(-c2ncc(C(=O)N[C@@H]4CCc5ccccc54)[nH]2)nn3C2CCCCO2)c1C)C(=O)O. The summed E-state index contributed by atoms with van der Waals surface area (Å²) in [7, 11) is 0. The topological polar surface area (TPSA) is 138 Å². The van der Waals surface area contributed by atoms with Crippen LogP contribution in [0.4, 0.5) is 4.79 Å². The molecule has 11 heteroatoms. The van der Waals surface area contributed by atoms with Gasteiger partial charge >= 0.3 is 6.09 Å². The van der Waals surface area contributed by atoms with Crippen LogP contribution in [-0.4, -0.2) is 59.9 Å². The quantitative estimate of drug-likeness (QED) is 0.182. The lowest BCUT2D eigenvalue weighted by molar-refractivity contribution is -0.0365. The minimum Gasteiger partial charge on any atom is -0.465 e. The Balaban J connectivity index is 1.24. The molecule has 1 saturated heterocycles. The zero-order valence-corrected chi connectivity index (χ0v) is 26.0. The summed E-state index contributed by atoms with van der Waals surface area (Å²) in [4.78, 5) is 38.7. The molecule has 2 atom stereocenters. The number of amides is 2. The molecule has 1 aliphatic heterocycles. The highest BCUT2D eigenvalue weighted by atomic mass is 16.5. The third-order valence-corrected chi connectivity index (χ3v) is 9.26. The van der Waals surface area contributed by atoms with Crippen LogP contribution in [0.15, 0.2) is 61.1 Å². The first kappa shape index (κ1) is 29.7. The van der Waals surface area contributed by atoms with Crippen LogP contribution in [0.25, 0.3) is 33.5 Å². The number of H-pyrrole nitrogens is 1. The van der Waals surface area contributed by atoms with Crippen LogP contribution in [0.3, 0.4) is 0 Å². The summed E-state index contributed by atoms with van der Waals surface area (Å²) in [5.74, 6) is 0.291. The third-order valence-electron chi connectivity index (χ3n) is 9.26. The number of benzene rings is 2. The van der Waals surface area contributed by atoms with E-state index in [0.29, 0.717) is 30.4 Å². The normalized spacial score (nSPS) is 17.6. The Hall–Kier alpha value is -5.03. The monoisotopic (exact) mass is 619 g/mol. The number of rotatable bonds is 8. The number of pyridine rings is 1. The molecular weight excluding hydrogens is 582 g/mol. The molecule has 236 valence electrons. The first-order valence-electron chi connectivity index (χ1n) is 15.9. The first-order valence-corrected chi connectivity index (χ1v) is 15.9. The van der Waals surface area contributed by atoms with Crippen LogP contribution in [-0.2, 0) is 17.7 Å². The van der Waals surface area contributed by atoms with Crippen LogP contribution < -0.4 is 5.32 Å². The van der Waals surface area contributed by atoms with Gasteiger partial charge in [0.15, 0.2) is 12.1 Å². The van der Waals surface area contributed by atoms with Crippen LogP contribution >= 0.6 is 0 Å². The molecule has 46 heavy (non-hydrogen) atoms. The lowest BCUT2D eigenvalue weighted by atomic mass is 9.97. The highest BCUT2D eigenvalue weighted by Gasteiger charge is 2.27. The summed E-state index contributed by atoms with van der Waals surface area (Å²) >= 11 is 0. The number of aromatic nitrogens is 5. The molecule has 4 heterocycles. The molecule has 1 aliphatic carbocycles. The van der Waals surface area contributed by atoms with Gasteiger partial charge in [0.25, 0.3) is 5.91 Å². The molecule has 5 aromatic rings. The fraction of sp³-hybridized carbons (Fsp3) is 0.343. The van der Waals surface area contributed by atoms with Gasteiger partial charge in [0.2, 0.25) is 0 Å². The molecule has 11 nitrogen and oxygen atoms in total. The molecule has 2 aliphatic rings. The van der Waals surface area contributed by atoms with Gasteiger partial charge < -0.3 is 25.0 Å². The predicted octanol–water partition coefficient (Wildman–Crippen LogP) is 6.41. The molecule has 0 radical (unpaired) electrons. The first-order chi connectivity index (χ1) is 22.4. The molecule has 0 bridgehead atoms. The van der Waals surface area contributed by atoms with Crippen molar-refractivity contribution in [2.45, 2.75) is 64.8 Å². The molecular formula is C35H37N7O4.